The summed E-state index contributed by atoms with van der Waals surface area (Å²) < 4.78 is 0. The molecule has 3 rings (SSSR count). The molecule has 2 aromatic rings. The van der Waals surface area contributed by atoms with E-state index in [2.05, 4.69) is 20.6 Å². The van der Waals surface area contributed by atoms with Gasteiger partial charge < -0.3 is 15.7 Å². The number of carbonyl (C=O) groups is 2. The lowest BCUT2D eigenvalue weighted by atomic mass is 10.2. The third-order valence-corrected chi connectivity index (χ3v) is 4.90. The summed E-state index contributed by atoms with van der Waals surface area (Å²) in [6.45, 7) is 3.24. The molecule has 1 aliphatic heterocycles. The fourth-order valence-electron chi connectivity index (χ4n) is 2.05. The third-order valence-electron chi connectivity index (χ3n) is 3.13. The average Bonchev–Trinajstić information content (AvgIpc) is 3.09. The normalized spacial score (nSPS) is 17.1. The second-order valence-corrected chi connectivity index (χ2v) is 7.29. The molecule has 1 aliphatic rings. The van der Waals surface area contributed by atoms with Gasteiger partial charge >= 0.3 is 0 Å². The summed E-state index contributed by atoms with van der Waals surface area (Å²) in [5.41, 5.74) is 1.48. The molecule has 7 nitrogen and oxygen atoms in total. The van der Waals surface area contributed by atoms with Gasteiger partial charge in [-0.1, -0.05) is 11.3 Å². The molecule has 25 heavy (non-hydrogen) atoms. The lowest BCUT2D eigenvalue weighted by molar-refractivity contribution is -0.115. The molecule has 9 heteroatoms. The molecule has 2 heterocycles. The van der Waals surface area contributed by atoms with Crippen LogP contribution in [-0.4, -0.2) is 27.1 Å². The van der Waals surface area contributed by atoms with Gasteiger partial charge in [0.25, 0.3) is 5.91 Å². The van der Waals surface area contributed by atoms with E-state index in [9.17, 15) is 14.7 Å². The highest BCUT2D eigenvalue weighted by Gasteiger charge is 2.24. The number of carbonyl (C=O) groups excluding carboxylic acids is 2. The summed E-state index contributed by atoms with van der Waals surface area (Å²) in [4.78, 5) is 32.9. The van der Waals surface area contributed by atoms with Crippen LogP contribution in [0.25, 0.3) is 6.08 Å². The molecule has 1 aromatic heterocycles. The maximum absolute atomic E-state index is 12.1. The number of aryl methyl sites for hydroxylation is 1. The first-order chi connectivity index (χ1) is 11.9. The zero-order chi connectivity index (χ0) is 18.0. The number of nitrogens with one attached hydrogen (secondary N) is 2. The quantitative estimate of drug-likeness (QED) is 0.717. The minimum absolute atomic E-state index is 0.172. The van der Waals surface area contributed by atoms with E-state index in [1.54, 1.807) is 30.5 Å². The summed E-state index contributed by atoms with van der Waals surface area (Å²) in [7, 11) is 0. The van der Waals surface area contributed by atoms with Gasteiger partial charge in [-0.25, -0.2) is 9.98 Å². The van der Waals surface area contributed by atoms with E-state index < -0.39 is 0 Å². The Hall–Kier alpha value is -2.65. The van der Waals surface area contributed by atoms with Crippen LogP contribution in [0.5, 0.6) is 5.75 Å². The van der Waals surface area contributed by atoms with E-state index in [4.69, 9.17) is 0 Å². The Morgan fingerprint density at radius 3 is 2.96 bits per heavy atom. The topological polar surface area (TPSA) is 104 Å². The van der Waals surface area contributed by atoms with Crippen LogP contribution >= 0.6 is 23.1 Å². The van der Waals surface area contributed by atoms with Gasteiger partial charge in [-0.2, -0.15) is 0 Å². The number of rotatable bonds is 3. The minimum Gasteiger partial charge on any atom is -0.508 e. The molecule has 1 aromatic carbocycles. The van der Waals surface area contributed by atoms with Gasteiger partial charge in [0.15, 0.2) is 10.3 Å². The van der Waals surface area contributed by atoms with Crippen molar-refractivity contribution in [2.24, 2.45) is 4.99 Å². The monoisotopic (exact) mass is 374 g/mol. The van der Waals surface area contributed by atoms with E-state index in [0.29, 0.717) is 20.9 Å². The number of anilines is 1. The number of aliphatic imine (C=N–C) groups is 1. The van der Waals surface area contributed by atoms with E-state index >= 15 is 0 Å². The molecule has 1 saturated heterocycles. The molecular formula is C16H14N4O3S2. The number of thiazole rings is 1. The van der Waals surface area contributed by atoms with Crippen molar-refractivity contribution in [3.05, 3.63) is 39.7 Å². The Labute approximate surface area is 151 Å². The molecule has 0 unspecified atom stereocenters. The van der Waals surface area contributed by atoms with Crippen LogP contribution < -0.4 is 10.6 Å². The van der Waals surface area contributed by atoms with E-state index in [0.717, 1.165) is 10.4 Å². The summed E-state index contributed by atoms with van der Waals surface area (Å²) >= 11 is 2.50. The second kappa shape index (κ2) is 7.08. The summed E-state index contributed by atoms with van der Waals surface area (Å²) in [6.07, 6.45) is 3.30. The van der Waals surface area contributed by atoms with Gasteiger partial charge in [0, 0.05) is 13.1 Å². The van der Waals surface area contributed by atoms with Crippen molar-refractivity contribution in [1.29, 1.82) is 0 Å². The predicted molar refractivity (Wildman–Crippen MR) is 100 cm³/mol. The van der Waals surface area contributed by atoms with Crippen LogP contribution in [0.2, 0.25) is 0 Å². The molecule has 0 radical (unpaired) electrons. The van der Waals surface area contributed by atoms with Crippen molar-refractivity contribution in [3.8, 4) is 5.75 Å². The molecule has 3 N–H and O–H groups in total. The van der Waals surface area contributed by atoms with Gasteiger partial charge in [0.1, 0.15) is 5.75 Å². The second-order valence-electron chi connectivity index (χ2n) is 5.20. The number of phenols is 1. The number of aromatic hydroxyl groups is 1. The fraction of sp³-hybridized carbons (Fsp3) is 0.125. The fourth-order valence-corrected chi connectivity index (χ4v) is 3.75. The van der Waals surface area contributed by atoms with Crippen LogP contribution in [0.4, 0.5) is 10.8 Å². The molecule has 0 aliphatic carbocycles. The SMILES string of the molecule is CC(=O)Nc1ncc(C=C2SC(=Nc3ccc(O)cc3C)NC2=O)s1. The van der Waals surface area contributed by atoms with Crippen LogP contribution in [0.1, 0.15) is 17.4 Å². The van der Waals surface area contributed by atoms with Crippen molar-refractivity contribution in [3.63, 3.8) is 0 Å². The standard InChI is InChI=1S/C16H14N4O3S2/c1-8-5-10(22)3-4-12(8)19-16-20-14(23)13(25-16)6-11-7-17-15(24-11)18-9(2)21/h3-7,22H,1-2H3,(H,17,18,21)(H,19,20,23). The first kappa shape index (κ1) is 17.2. The number of hydrogen-bond donors (Lipinski definition) is 3. The first-order valence-corrected chi connectivity index (χ1v) is 8.86. The van der Waals surface area contributed by atoms with Crippen LogP contribution in [0.3, 0.4) is 0 Å². The Bertz CT molecular complexity index is 918. The Morgan fingerprint density at radius 1 is 1.44 bits per heavy atom. The van der Waals surface area contributed by atoms with Crippen molar-refractivity contribution in [1.82, 2.24) is 10.3 Å². The summed E-state index contributed by atoms with van der Waals surface area (Å²) in [5.74, 6) is -0.264. The van der Waals surface area contributed by atoms with Crippen molar-refractivity contribution in [2.75, 3.05) is 5.32 Å². The maximum Gasteiger partial charge on any atom is 0.264 e. The minimum atomic E-state index is -0.241. The smallest absolute Gasteiger partial charge is 0.264 e. The number of phenolic OH excluding ortho intramolecular Hbond substituents is 1. The molecule has 1 fully saturated rings. The third kappa shape index (κ3) is 4.25. The van der Waals surface area contributed by atoms with Gasteiger partial charge in [0.2, 0.25) is 5.91 Å². The van der Waals surface area contributed by atoms with Gasteiger partial charge in [0.05, 0.1) is 15.5 Å². The zero-order valence-electron chi connectivity index (χ0n) is 13.4. The molecule has 0 saturated carbocycles. The lowest BCUT2D eigenvalue weighted by Gasteiger charge is -2.01. The molecule has 0 spiro atoms. The summed E-state index contributed by atoms with van der Waals surface area (Å²) in [6, 6.07) is 4.85. The number of aromatic nitrogens is 1. The first-order valence-electron chi connectivity index (χ1n) is 7.23. The Morgan fingerprint density at radius 2 is 2.24 bits per heavy atom. The largest absolute Gasteiger partial charge is 0.508 e. The van der Waals surface area contributed by atoms with E-state index in [1.807, 2.05) is 6.92 Å². The highest BCUT2D eigenvalue weighted by molar-refractivity contribution is 8.18. The number of benzene rings is 1. The maximum atomic E-state index is 12.1. The Balaban J connectivity index is 1.79. The van der Waals surface area contributed by atoms with Crippen LogP contribution in [-0.2, 0) is 9.59 Å². The molecule has 128 valence electrons. The number of nitrogens with zero attached hydrogens (tertiary/aromatic N) is 2. The van der Waals surface area contributed by atoms with E-state index in [-0.39, 0.29) is 17.6 Å². The zero-order valence-corrected chi connectivity index (χ0v) is 15.0. The molecular weight excluding hydrogens is 360 g/mol. The highest BCUT2D eigenvalue weighted by Crippen LogP contribution is 2.31. The van der Waals surface area contributed by atoms with Crippen molar-refractivity contribution >= 4 is 57.0 Å². The van der Waals surface area contributed by atoms with Crippen molar-refractivity contribution in [2.45, 2.75) is 13.8 Å². The van der Waals surface area contributed by atoms with E-state index in [1.165, 1.54) is 30.0 Å². The lowest BCUT2D eigenvalue weighted by Crippen LogP contribution is -2.19. The highest BCUT2D eigenvalue weighted by atomic mass is 32.2. The van der Waals surface area contributed by atoms with Crippen LogP contribution in [0.15, 0.2) is 34.3 Å². The molecule has 0 bridgehead atoms. The average molecular weight is 374 g/mol. The number of hydrogen-bond acceptors (Lipinski definition) is 7. The number of amides is 2. The van der Waals surface area contributed by atoms with Gasteiger partial charge in [-0.05, 0) is 48.5 Å². The summed E-state index contributed by atoms with van der Waals surface area (Å²) in [5, 5.41) is 15.7. The number of thioether (sulfide) groups is 1. The van der Waals surface area contributed by atoms with Gasteiger partial charge in [-0.3, -0.25) is 9.59 Å². The molecule has 0 atom stereocenters. The Kier molecular flexibility index (Phi) is 4.86. The predicted octanol–water partition coefficient (Wildman–Crippen LogP) is 3.01. The van der Waals surface area contributed by atoms with Gasteiger partial charge in [-0.15, -0.1) is 0 Å². The molecule has 2 amide bonds. The van der Waals surface area contributed by atoms with Crippen molar-refractivity contribution < 1.29 is 14.7 Å². The number of amidine groups is 1. The van der Waals surface area contributed by atoms with Crippen LogP contribution in [0, 0.1) is 6.92 Å².